The number of hydrazine groups is 1. The van der Waals surface area contributed by atoms with Gasteiger partial charge in [-0.25, -0.2) is 10.4 Å². The number of rotatable bonds is 7. The number of morpholine rings is 1. The Labute approximate surface area is 166 Å². The minimum atomic E-state index is 0.291. The Morgan fingerprint density at radius 3 is 2.82 bits per heavy atom. The van der Waals surface area contributed by atoms with Gasteiger partial charge in [0, 0.05) is 44.8 Å². The maximum absolute atomic E-state index is 5.43. The van der Waals surface area contributed by atoms with Gasteiger partial charge in [-0.2, -0.15) is 0 Å². The van der Waals surface area contributed by atoms with Crippen LogP contribution in [-0.2, 0) is 11.3 Å². The van der Waals surface area contributed by atoms with Crippen molar-refractivity contribution in [2.45, 2.75) is 12.6 Å². The maximum atomic E-state index is 5.43. The smallest absolute Gasteiger partial charge is 0.128 e. The number of hydrogen-bond acceptors (Lipinski definition) is 7. The number of nitrogens with zero attached hydrogens (tertiary/aromatic N) is 2. The van der Waals surface area contributed by atoms with Crippen molar-refractivity contribution in [2.24, 2.45) is 5.92 Å². The first-order valence-corrected chi connectivity index (χ1v) is 9.94. The molecular formula is C21H29N5O2. The molecule has 0 saturated carbocycles. The number of ether oxygens (including phenoxy) is 2. The third-order valence-corrected chi connectivity index (χ3v) is 5.45. The summed E-state index contributed by atoms with van der Waals surface area (Å²) in [5.74, 6) is 2.41. The topological polar surface area (TPSA) is 70.7 Å². The number of aromatic nitrogens is 1. The third-order valence-electron chi connectivity index (χ3n) is 5.45. The van der Waals surface area contributed by atoms with Crippen LogP contribution < -0.4 is 25.8 Å². The molecule has 2 aromatic rings. The molecule has 2 saturated heterocycles. The van der Waals surface area contributed by atoms with Crippen LogP contribution in [-0.4, -0.2) is 51.5 Å². The summed E-state index contributed by atoms with van der Waals surface area (Å²) in [4.78, 5) is 6.82. The SMILES string of the molecule is COc1ccc(C2NNCC2CNCc2ccnc(N3CCOCC3)c2)cc1. The van der Waals surface area contributed by atoms with Gasteiger partial charge >= 0.3 is 0 Å². The van der Waals surface area contributed by atoms with Crippen molar-refractivity contribution in [1.82, 2.24) is 21.2 Å². The van der Waals surface area contributed by atoms with Gasteiger partial charge in [0.05, 0.1) is 26.4 Å². The average Bonchev–Trinajstić information content (AvgIpc) is 3.23. The summed E-state index contributed by atoms with van der Waals surface area (Å²) < 4.78 is 10.7. The molecule has 3 N–H and O–H groups in total. The first-order valence-electron chi connectivity index (χ1n) is 9.94. The number of hydrogen-bond donors (Lipinski definition) is 3. The fraction of sp³-hybridized carbons (Fsp3) is 0.476. The highest BCUT2D eigenvalue weighted by molar-refractivity contribution is 5.41. The van der Waals surface area contributed by atoms with Crippen molar-refractivity contribution in [1.29, 1.82) is 0 Å². The molecule has 4 rings (SSSR count). The van der Waals surface area contributed by atoms with Gasteiger partial charge in [-0.05, 0) is 35.4 Å². The molecule has 150 valence electrons. The monoisotopic (exact) mass is 383 g/mol. The van der Waals surface area contributed by atoms with Crippen LogP contribution in [0.2, 0.25) is 0 Å². The van der Waals surface area contributed by atoms with Crippen molar-refractivity contribution in [3.8, 4) is 5.75 Å². The first kappa shape index (κ1) is 19.1. The van der Waals surface area contributed by atoms with Crippen LogP contribution in [0, 0.1) is 5.92 Å². The molecule has 0 aliphatic carbocycles. The van der Waals surface area contributed by atoms with E-state index < -0.39 is 0 Å². The van der Waals surface area contributed by atoms with Crippen LogP contribution >= 0.6 is 0 Å². The van der Waals surface area contributed by atoms with Gasteiger partial charge in [-0.3, -0.25) is 5.43 Å². The Morgan fingerprint density at radius 2 is 2.04 bits per heavy atom. The summed E-state index contributed by atoms with van der Waals surface area (Å²) in [6, 6.07) is 12.9. The summed E-state index contributed by atoms with van der Waals surface area (Å²) in [5, 5.41) is 3.62. The molecule has 2 aliphatic rings. The standard InChI is InChI=1S/C21H29N5O2/c1-27-19-4-2-17(3-5-19)21-18(15-24-25-21)14-22-13-16-6-7-23-20(12-16)26-8-10-28-11-9-26/h2-7,12,18,21-22,24-25H,8-11,13-15H2,1H3. The van der Waals surface area contributed by atoms with Gasteiger partial charge in [-0.1, -0.05) is 12.1 Å². The number of pyridine rings is 1. The maximum Gasteiger partial charge on any atom is 0.128 e. The summed E-state index contributed by atoms with van der Waals surface area (Å²) in [6.07, 6.45) is 1.90. The Hall–Kier alpha value is -2.19. The van der Waals surface area contributed by atoms with Crippen molar-refractivity contribution >= 4 is 5.82 Å². The summed E-state index contributed by atoms with van der Waals surface area (Å²) in [6.45, 7) is 6.09. The van der Waals surface area contributed by atoms with E-state index in [4.69, 9.17) is 9.47 Å². The van der Waals surface area contributed by atoms with E-state index in [9.17, 15) is 0 Å². The van der Waals surface area contributed by atoms with Crippen LogP contribution in [0.5, 0.6) is 5.75 Å². The lowest BCUT2D eigenvalue weighted by Crippen LogP contribution is -2.36. The fourth-order valence-corrected chi connectivity index (χ4v) is 3.83. The van der Waals surface area contributed by atoms with E-state index in [1.54, 1.807) is 7.11 Å². The van der Waals surface area contributed by atoms with Crippen LogP contribution in [0.4, 0.5) is 5.82 Å². The van der Waals surface area contributed by atoms with Crippen molar-refractivity contribution in [2.75, 3.05) is 51.4 Å². The molecule has 28 heavy (non-hydrogen) atoms. The average molecular weight is 383 g/mol. The van der Waals surface area contributed by atoms with Crippen molar-refractivity contribution in [3.05, 3.63) is 53.7 Å². The lowest BCUT2D eigenvalue weighted by molar-refractivity contribution is 0.122. The van der Waals surface area contributed by atoms with E-state index in [1.165, 1.54) is 11.1 Å². The van der Waals surface area contributed by atoms with E-state index in [1.807, 2.05) is 18.3 Å². The van der Waals surface area contributed by atoms with Gasteiger partial charge < -0.3 is 19.7 Å². The quantitative estimate of drug-likeness (QED) is 0.669. The van der Waals surface area contributed by atoms with E-state index >= 15 is 0 Å². The predicted octanol–water partition coefficient (Wildman–Crippen LogP) is 1.48. The molecule has 2 fully saturated rings. The lowest BCUT2D eigenvalue weighted by Gasteiger charge is -2.28. The minimum absolute atomic E-state index is 0.291. The van der Waals surface area contributed by atoms with E-state index in [0.717, 1.165) is 57.5 Å². The van der Waals surface area contributed by atoms with Gasteiger partial charge in [-0.15, -0.1) is 0 Å². The second kappa shape index (κ2) is 9.34. The summed E-state index contributed by atoms with van der Waals surface area (Å²) in [5.41, 5.74) is 9.24. The molecule has 0 spiro atoms. The molecule has 2 atom stereocenters. The molecular weight excluding hydrogens is 354 g/mol. The predicted molar refractivity (Wildman–Crippen MR) is 109 cm³/mol. The second-order valence-electron chi connectivity index (χ2n) is 7.29. The molecule has 2 unspecified atom stereocenters. The van der Waals surface area contributed by atoms with Crippen LogP contribution in [0.3, 0.4) is 0 Å². The third kappa shape index (κ3) is 4.62. The second-order valence-corrected chi connectivity index (χ2v) is 7.29. The molecule has 1 aromatic heterocycles. The fourth-order valence-electron chi connectivity index (χ4n) is 3.83. The Balaban J connectivity index is 1.31. The highest BCUT2D eigenvalue weighted by Crippen LogP contribution is 2.26. The van der Waals surface area contributed by atoms with Crippen LogP contribution in [0.15, 0.2) is 42.6 Å². The highest BCUT2D eigenvalue weighted by Gasteiger charge is 2.27. The number of anilines is 1. The number of nitrogens with one attached hydrogen (secondary N) is 3. The van der Waals surface area contributed by atoms with Gasteiger partial charge in [0.15, 0.2) is 0 Å². The van der Waals surface area contributed by atoms with Crippen LogP contribution in [0.1, 0.15) is 17.2 Å². The van der Waals surface area contributed by atoms with E-state index in [0.29, 0.717) is 12.0 Å². The Bertz CT molecular complexity index is 749. The molecule has 0 amide bonds. The minimum Gasteiger partial charge on any atom is -0.497 e. The first-order chi connectivity index (χ1) is 13.8. The van der Waals surface area contributed by atoms with E-state index in [2.05, 4.69) is 50.3 Å². The molecule has 0 radical (unpaired) electrons. The van der Waals surface area contributed by atoms with Crippen molar-refractivity contribution in [3.63, 3.8) is 0 Å². The molecule has 3 heterocycles. The van der Waals surface area contributed by atoms with E-state index in [-0.39, 0.29) is 0 Å². The molecule has 7 heteroatoms. The largest absolute Gasteiger partial charge is 0.497 e. The van der Waals surface area contributed by atoms with Gasteiger partial charge in [0.2, 0.25) is 0 Å². The van der Waals surface area contributed by atoms with Crippen molar-refractivity contribution < 1.29 is 9.47 Å². The zero-order valence-corrected chi connectivity index (χ0v) is 16.4. The number of benzene rings is 1. The molecule has 7 nitrogen and oxygen atoms in total. The molecule has 0 bridgehead atoms. The van der Waals surface area contributed by atoms with Gasteiger partial charge in [0.25, 0.3) is 0 Å². The van der Waals surface area contributed by atoms with Gasteiger partial charge in [0.1, 0.15) is 11.6 Å². The summed E-state index contributed by atoms with van der Waals surface area (Å²) >= 11 is 0. The molecule has 1 aromatic carbocycles. The Morgan fingerprint density at radius 1 is 1.21 bits per heavy atom. The zero-order chi connectivity index (χ0) is 19.2. The Kier molecular flexibility index (Phi) is 6.38. The summed E-state index contributed by atoms with van der Waals surface area (Å²) in [7, 11) is 1.70. The van der Waals surface area contributed by atoms with Crippen LogP contribution in [0.25, 0.3) is 0 Å². The highest BCUT2D eigenvalue weighted by atomic mass is 16.5. The molecule has 2 aliphatic heterocycles. The normalized spacial score (nSPS) is 22.4. The number of methoxy groups -OCH3 is 1. The lowest BCUT2D eigenvalue weighted by atomic mass is 9.95. The zero-order valence-electron chi connectivity index (χ0n) is 16.4.